The number of nitrogens with zero attached hydrogens (tertiary/aromatic N) is 3. The largest absolute Gasteiger partial charge is 0.492 e. The minimum absolute atomic E-state index is 0.0331. The van der Waals surface area contributed by atoms with Crippen molar-refractivity contribution < 1.29 is 23.8 Å². The molecular weight excluding hydrogens is 424 g/mol. The molecule has 0 aromatic heterocycles. The molecule has 33 heavy (non-hydrogen) atoms. The summed E-state index contributed by atoms with van der Waals surface area (Å²) in [7, 11) is 0. The fourth-order valence-corrected chi connectivity index (χ4v) is 4.18. The first-order chi connectivity index (χ1) is 16.0. The number of amidine groups is 1. The van der Waals surface area contributed by atoms with Crippen LogP contribution in [0.25, 0.3) is 0 Å². The molecule has 0 spiro atoms. The molecule has 3 heterocycles. The van der Waals surface area contributed by atoms with Crippen molar-refractivity contribution in [2.75, 3.05) is 49.7 Å². The molecule has 1 atom stereocenters. The molecule has 9 nitrogen and oxygen atoms in total. The number of anilines is 2. The summed E-state index contributed by atoms with van der Waals surface area (Å²) in [6, 6.07) is 3.70. The van der Waals surface area contributed by atoms with Crippen molar-refractivity contribution in [1.82, 2.24) is 4.90 Å². The number of aliphatic imine (C=N–C) groups is 1. The lowest BCUT2D eigenvalue weighted by molar-refractivity contribution is -0.130. The van der Waals surface area contributed by atoms with Crippen LogP contribution in [0.2, 0.25) is 0 Å². The summed E-state index contributed by atoms with van der Waals surface area (Å²) >= 11 is 0. The molecule has 0 bridgehead atoms. The van der Waals surface area contributed by atoms with Crippen LogP contribution < -0.4 is 19.7 Å². The molecule has 1 N–H and O–H groups in total. The van der Waals surface area contributed by atoms with Crippen molar-refractivity contribution in [3.63, 3.8) is 0 Å². The van der Waals surface area contributed by atoms with E-state index in [0.29, 0.717) is 49.4 Å². The van der Waals surface area contributed by atoms with Crippen LogP contribution in [0.3, 0.4) is 0 Å². The minimum Gasteiger partial charge on any atom is -0.492 e. The molecule has 2 amide bonds. The molecular formula is C24H30N4O5. The van der Waals surface area contributed by atoms with Crippen LogP contribution in [0.1, 0.15) is 27.2 Å². The summed E-state index contributed by atoms with van der Waals surface area (Å²) in [5.41, 5.74) is 0.267. The van der Waals surface area contributed by atoms with Crippen LogP contribution in [0.4, 0.5) is 11.4 Å². The Kier molecular flexibility index (Phi) is 6.69. The van der Waals surface area contributed by atoms with Gasteiger partial charge in [0, 0.05) is 31.4 Å². The van der Waals surface area contributed by atoms with Crippen molar-refractivity contribution >= 4 is 29.0 Å². The van der Waals surface area contributed by atoms with Gasteiger partial charge in [-0.25, -0.2) is 0 Å². The highest BCUT2D eigenvalue weighted by atomic mass is 16.5. The van der Waals surface area contributed by atoms with E-state index in [2.05, 4.69) is 15.2 Å². The summed E-state index contributed by atoms with van der Waals surface area (Å²) in [5.74, 6) is 0.997. The number of benzene rings is 1. The number of allylic oxidation sites excluding steroid dienone is 2. The van der Waals surface area contributed by atoms with E-state index >= 15 is 0 Å². The molecule has 0 saturated carbocycles. The van der Waals surface area contributed by atoms with Gasteiger partial charge < -0.3 is 29.3 Å². The Morgan fingerprint density at radius 2 is 1.88 bits per heavy atom. The average Bonchev–Trinajstić information content (AvgIpc) is 2.81. The van der Waals surface area contributed by atoms with Gasteiger partial charge in [0.05, 0.1) is 44.2 Å². The highest BCUT2D eigenvalue weighted by Gasteiger charge is 2.45. The van der Waals surface area contributed by atoms with Gasteiger partial charge in [0.15, 0.2) is 0 Å². The van der Waals surface area contributed by atoms with Gasteiger partial charge >= 0.3 is 0 Å². The molecule has 0 radical (unpaired) electrons. The third kappa shape index (κ3) is 4.59. The van der Waals surface area contributed by atoms with Crippen molar-refractivity contribution in [2.45, 2.75) is 32.7 Å². The molecule has 1 fully saturated rings. The number of rotatable bonds is 7. The second kappa shape index (κ2) is 9.66. The van der Waals surface area contributed by atoms with E-state index in [1.807, 2.05) is 26.0 Å². The number of ether oxygens (including phenoxy) is 3. The van der Waals surface area contributed by atoms with Crippen molar-refractivity contribution in [1.29, 1.82) is 0 Å². The molecule has 1 aromatic carbocycles. The molecule has 4 rings (SSSR count). The Labute approximate surface area is 193 Å². The number of amides is 2. The molecule has 176 valence electrons. The standard InChI is InChI=1S/C24H30N4O5/c1-4-32-19-15-18(27-10-12-31-13-11-27)20(33-5-2)14-17(19)25-23(30)24(3)16-22(29)26-21-8-6-7-9-28(21)24/h6-9,14-15H,4-5,10-13,16H2,1-3H3,(H,25,30). The number of carbonyl (C=O) groups is 2. The highest BCUT2D eigenvalue weighted by Crippen LogP contribution is 2.40. The molecule has 1 aromatic rings. The van der Waals surface area contributed by atoms with Gasteiger partial charge in [-0.2, -0.15) is 4.99 Å². The van der Waals surface area contributed by atoms with Gasteiger partial charge in [-0.3, -0.25) is 9.59 Å². The Bertz CT molecular complexity index is 1010. The summed E-state index contributed by atoms with van der Waals surface area (Å²) < 4.78 is 17.3. The van der Waals surface area contributed by atoms with Crippen molar-refractivity contribution in [3.8, 4) is 11.5 Å². The zero-order chi connectivity index (χ0) is 23.4. The summed E-state index contributed by atoms with van der Waals surface area (Å²) in [6.45, 7) is 9.24. The van der Waals surface area contributed by atoms with Crippen LogP contribution in [0, 0.1) is 0 Å². The van der Waals surface area contributed by atoms with Crippen LogP contribution in [0.5, 0.6) is 11.5 Å². The van der Waals surface area contributed by atoms with E-state index in [0.717, 1.165) is 18.8 Å². The lowest BCUT2D eigenvalue weighted by Gasteiger charge is -2.41. The second-order valence-corrected chi connectivity index (χ2v) is 8.12. The number of hydrogen-bond acceptors (Lipinski definition) is 7. The van der Waals surface area contributed by atoms with Gasteiger partial charge in [0.25, 0.3) is 11.8 Å². The Morgan fingerprint density at radius 3 is 2.61 bits per heavy atom. The first-order valence-corrected chi connectivity index (χ1v) is 11.3. The molecule has 3 aliphatic rings. The lowest BCUT2D eigenvalue weighted by Crippen LogP contribution is -2.58. The zero-order valence-electron chi connectivity index (χ0n) is 19.3. The van der Waals surface area contributed by atoms with Gasteiger partial charge in [-0.15, -0.1) is 0 Å². The number of hydrogen-bond donors (Lipinski definition) is 1. The SMILES string of the molecule is CCOc1cc(N2CCOCC2)c(OCC)cc1NC(=O)C1(C)CC(=O)N=C2C=CC=CN21. The normalized spacial score (nSPS) is 22.0. The smallest absolute Gasteiger partial charge is 0.251 e. The van der Waals surface area contributed by atoms with Crippen LogP contribution in [0.15, 0.2) is 41.6 Å². The van der Waals surface area contributed by atoms with E-state index in [1.54, 1.807) is 36.2 Å². The summed E-state index contributed by atoms with van der Waals surface area (Å²) in [4.78, 5) is 33.9. The van der Waals surface area contributed by atoms with E-state index in [4.69, 9.17) is 14.2 Å². The van der Waals surface area contributed by atoms with Gasteiger partial charge in [-0.1, -0.05) is 6.08 Å². The molecule has 0 aliphatic carbocycles. The Balaban J connectivity index is 1.67. The first-order valence-electron chi connectivity index (χ1n) is 11.3. The quantitative estimate of drug-likeness (QED) is 0.677. The summed E-state index contributed by atoms with van der Waals surface area (Å²) in [6.07, 6.45) is 7.06. The second-order valence-electron chi connectivity index (χ2n) is 8.12. The zero-order valence-corrected chi connectivity index (χ0v) is 19.3. The van der Waals surface area contributed by atoms with E-state index < -0.39 is 5.54 Å². The fraction of sp³-hybridized carbons (Fsp3) is 0.458. The topological polar surface area (TPSA) is 92.7 Å². The number of morpholine rings is 1. The van der Waals surface area contributed by atoms with Gasteiger partial charge in [-0.05, 0) is 32.9 Å². The maximum atomic E-state index is 13.6. The average molecular weight is 455 g/mol. The number of carbonyl (C=O) groups excluding carboxylic acids is 2. The lowest BCUT2D eigenvalue weighted by atomic mass is 9.91. The molecule has 1 saturated heterocycles. The third-order valence-corrected chi connectivity index (χ3v) is 5.85. The summed E-state index contributed by atoms with van der Waals surface area (Å²) in [5, 5.41) is 2.99. The number of nitrogens with one attached hydrogen (secondary N) is 1. The Morgan fingerprint density at radius 1 is 1.15 bits per heavy atom. The third-order valence-electron chi connectivity index (χ3n) is 5.85. The van der Waals surface area contributed by atoms with E-state index in [1.165, 1.54) is 0 Å². The molecule has 9 heteroatoms. The maximum Gasteiger partial charge on any atom is 0.251 e. The first kappa shape index (κ1) is 22.8. The minimum atomic E-state index is -1.13. The predicted octanol–water partition coefficient (Wildman–Crippen LogP) is 2.73. The van der Waals surface area contributed by atoms with Crippen LogP contribution in [-0.4, -0.2) is 67.6 Å². The maximum absolute atomic E-state index is 13.6. The Hall–Kier alpha value is -3.33. The predicted molar refractivity (Wildman–Crippen MR) is 126 cm³/mol. The molecule has 1 unspecified atom stereocenters. The van der Waals surface area contributed by atoms with Crippen LogP contribution in [-0.2, 0) is 14.3 Å². The fourth-order valence-electron chi connectivity index (χ4n) is 4.18. The van der Waals surface area contributed by atoms with Crippen molar-refractivity contribution in [2.24, 2.45) is 4.99 Å². The van der Waals surface area contributed by atoms with Crippen LogP contribution >= 0.6 is 0 Å². The number of fused-ring (bicyclic) bond motifs is 1. The van der Waals surface area contributed by atoms with E-state index in [-0.39, 0.29) is 18.2 Å². The highest BCUT2D eigenvalue weighted by molar-refractivity contribution is 6.12. The molecule has 3 aliphatic heterocycles. The van der Waals surface area contributed by atoms with Crippen molar-refractivity contribution in [3.05, 3.63) is 36.6 Å². The van der Waals surface area contributed by atoms with Gasteiger partial charge in [0.2, 0.25) is 0 Å². The van der Waals surface area contributed by atoms with Gasteiger partial charge in [0.1, 0.15) is 22.9 Å². The van der Waals surface area contributed by atoms with E-state index in [9.17, 15) is 9.59 Å². The monoisotopic (exact) mass is 454 g/mol.